The molecule has 0 radical (unpaired) electrons. The average molecular weight is 327 g/mol. The molecule has 2 unspecified atom stereocenters. The Morgan fingerprint density at radius 1 is 1.21 bits per heavy atom. The molecule has 1 aromatic rings. The van der Waals surface area contributed by atoms with Crippen LogP contribution >= 0.6 is 0 Å². The van der Waals surface area contributed by atoms with Gasteiger partial charge in [-0.1, -0.05) is 6.07 Å². The van der Waals surface area contributed by atoms with Crippen molar-refractivity contribution < 1.29 is 14.7 Å². The molecule has 0 aliphatic carbocycles. The minimum absolute atomic E-state index is 0.150. The van der Waals surface area contributed by atoms with Crippen LogP contribution < -0.4 is 10.2 Å². The van der Waals surface area contributed by atoms with Crippen LogP contribution in [0, 0.1) is 0 Å². The summed E-state index contributed by atoms with van der Waals surface area (Å²) >= 11 is 0. The van der Waals surface area contributed by atoms with Crippen LogP contribution in [0.5, 0.6) is 5.75 Å². The number of hydrogen-bond donors (Lipinski definition) is 2. The number of carbonyl (C=O) groups is 2. The maximum atomic E-state index is 12.4. The van der Waals surface area contributed by atoms with E-state index >= 15 is 0 Å². The zero-order chi connectivity index (χ0) is 17.2. The van der Waals surface area contributed by atoms with Crippen LogP contribution in [0.1, 0.15) is 13.8 Å². The first-order valence-corrected chi connectivity index (χ1v) is 7.61. The van der Waals surface area contributed by atoms with Crippen LogP contribution in [0.4, 0.5) is 10.5 Å². The predicted molar refractivity (Wildman–Crippen MR) is 87.1 cm³/mol. The number of hydrogen-bond acceptors (Lipinski definition) is 6. The number of fused-ring (bicyclic) bond motifs is 3. The zero-order valence-electron chi connectivity index (χ0n) is 13.5. The molecule has 3 aliphatic rings. The summed E-state index contributed by atoms with van der Waals surface area (Å²) in [5, 5.41) is 12.1. The third kappa shape index (κ3) is 1.76. The van der Waals surface area contributed by atoms with Crippen molar-refractivity contribution in [3.63, 3.8) is 0 Å². The van der Waals surface area contributed by atoms with Gasteiger partial charge in [0.15, 0.2) is 12.2 Å². The summed E-state index contributed by atoms with van der Waals surface area (Å²) in [6, 6.07) is 5.81. The van der Waals surface area contributed by atoms with Crippen molar-refractivity contribution in [3.05, 3.63) is 35.7 Å². The Kier molecular flexibility index (Phi) is 2.87. The molecule has 0 bridgehead atoms. The smallest absolute Gasteiger partial charge is 0.325 e. The standard InChI is InChI=1S/C16H17N5O3/c1-8-9(2)21-12-13(19(3)16(24)18-14(12)23)17-15(21)20(8)10-5-4-6-11(22)7-10/h4-7,12-13,22H,1-3H3,(H,18,23,24). The fourth-order valence-corrected chi connectivity index (χ4v) is 3.40. The number of anilines is 1. The molecular weight excluding hydrogens is 310 g/mol. The van der Waals surface area contributed by atoms with Gasteiger partial charge in [0.2, 0.25) is 5.96 Å². The Labute approximate surface area is 138 Å². The molecule has 124 valence electrons. The van der Waals surface area contributed by atoms with E-state index in [1.807, 2.05) is 29.7 Å². The molecule has 8 nitrogen and oxygen atoms in total. The van der Waals surface area contributed by atoms with Crippen LogP contribution in [0.15, 0.2) is 40.7 Å². The summed E-state index contributed by atoms with van der Waals surface area (Å²) < 4.78 is 0. The van der Waals surface area contributed by atoms with Crippen molar-refractivity contribution in [2.24, 2.45) is 4.99 Å². The highest BCUT2D eigenvalue weighted by molar-refractivity contribution is 6.10. The number of aromatic hydroxyl groups is 1. The molecule has 0 saturated carbocycles. The van der Waals surface area contributed by atoms with Crippen molar-refractivity contribution >= 4 is 23.6 Å². The number of amides is 3. The first kappa shape index (κ1) is 14.6. The topological polar surface area (TPSA) is 88.5 Å². The molecule has 3 amide bonds. The molecule has 24 heavy (non-hydrogen) atoms. The molecule has 2 N–H and O–H groups in total. The van der Waals surface area contributed by atoms with Crippen molar-refractivity contribution in [2.75, 3.05) is 11.9 Å². The number of nitrogens with zero attached hydrogens (tertiary/aromatic N) is 4. The van der Waals surface area contributed by atoms with Crippen LogP contribution in [-0.4, -0.2) is 52.1 Å². The number of aliphatic imine (C=N–C) groups is 1. The largest absolute Gasteiger partial charge is 0.508 e. The third-order valence-electron chi connectivity index (χ3n) is 4.75. The van der Waals surface area contributed by atoms with Gasteiger partial charge < -0.3 is 10.0 Å². The van der Waals surface area contributed by atoms with E-state index in [1.165, 1.54) is 4.90 Å². The molecule has 1 fully saturated rings. The van der Waals surface area contributed by atoms with E-state index in [4.69, 9.17) is 0 Å². The molecular formula is C16H17N5O3. The first-order valence-electron chi connectivity index (χ1n) is 7.61. The Balaban J connectivity index is 1.82. The molecule has 4 rings (SSSR count). The summed E-state index contributed by atoms with van der Waals surface area (Å²) in [5.74, 6) is 0.381. The lowest BCUT2D eigenvalue weighted by Crippen LogP contribution is -2.63. The molecule has 2 atom stereocenters. The highest BCUT2D eigenvalue weighted by atomic mass is 16.3. The number of nitrogens with one attached hydrogen (secondary N) is 1. The molecule has 3 heterocycles. The van der Waals surface area contributed by atoms with Gasteiger partial charge in [0.1, 0.15) is 5.75 Å². The van der Waals surface area contributed by atoms with Gasteiger partial charge in [0.25, 0.3) is 5.91 Å². The van der Waals surface area contributed by atoms with E-state index in [2.05, 4.69) is 10.3 Å². The van der Waals surface area contributed by atoms with Crippen molar-refractivity contribution in [2.45, 2.75) is 26.1 Å². The highest BCUT2D eigenvalue weighted by Gasteiger charge is 2.53. The number of rotatable bonds is 1. The summed E-state index contributed by atoms with van der Waals surface area (Å²) in [4.78, 5) is 34.0. The van der Waals surface area contributed by atoms with E-state index in [-0.39, 0.29) is 11.7 Å². The minimum atomic E-state index is -0.583. The first-order chi connectivity index (χ1) is 11.4. The Morgan fingerprint density at radius 3 is 2.67 bits per heavy atom. The molecule has 3 aliphatic heterocycles. The minimum Gasteiger partial charge on any atom is -0.508 e. The number of likely N-dealkylation sites (N-methyl/N-ethyl adjacent to an activating group) is 1. The van der Waals surface area contributed by atoms with Gasteiger partial charge in [-0.15, -0.1) is 0 Å². The maximum absolute atomic E-state index is 12.4. The van der Waals surface area contributed by atoms with E-state index in [1.54, 1.807) is 25.2 Å². The van der Waals surface area contributed by atoms with E-state index in [0.29, 0.717) is 5.96 Å². The molecule has 0 spiro atoms. The van der Waals surface area contributed by atoms with Gasteiger partial charge in [-0.25, -0.2) is 9.79 Å². The average Bonchev–Trinajstić information content (AvgIpc) is 3.02. The maximum Gasteiger partial charge on any atom is 0.325 e. The van der Waals surface area contributed by atoms with E-state index in [0.717, 1.165) is 17.1 Å². The van der Waals surface area contributed by atoms with E-state index < -0.39 is 18.2 Å². The Bertz CT molecular complexity index is 831. The monoisotopic (exact) mass is 327 g/mol. The van der Waals surface area contributed by atoms with Crippen molar-refractivity contribution in [3.8, 4) is 5.75 Å². The quantitative estimate of drug-likeness (QED) is 0.804. The fourth-order valence-electron chi connectivity index (χ4n) is 3.40. The van der Waals surface area contributed by atoms with Gasteiger partial charge in [0.05, 0.1) is 5.69 Å². The number of allylic oxidation sites excluding steroid dienone is 2. The lowest BCUT2D eigenvalue weighted by atomic mass is 10.1. The molecule has 1 saturated heterocycles. The van der Waals surface area contributed by atoms with Crippen molar-refractivity contribution in [1.29, 1.82) is 0 Å². The van der Waals surface area contributed by atoms with Crippen LogP contribution in [-0.2, 0) is 4.79 Å². The second-order valence-corrected chi connectivity index (χ2v) is 6.09. The van der Waals surface area contributed by atoms with Crippen LogP contribution in [0.2, 0.25) is 0 Å². The van der Waals surface area contributed by atoms with Gasteiger partial charge >= 0.3 is 6.03 Å². The van der Waals surface area contributed by atoms with Crippen LogP contribution in [0.25, 0.3) is 0 Å². The molecule has 8 heteroatoms. The third-order valence-corrected chi connectivity index (χ3v) is 4.75. The number of phenols is 1. The summed E-state index contributed by atoms with van der Waals surface area (Å²) in [6.07, 6.45) is -0.566. The van der Waals surface area contributed by atoms with Crippen LogP contribution in [0.3, 0.4) is 0 Å². The Morgan fingerprint density at radius 2 is 1.96 bits per heavy atom. The van der Waals surface area contributed by atoms with Gasteiger partial charge in [-0.2, -0.15) is 0 Å². The predicted octanol–water partition coefficient (Wildman–Crippen LogP) is 1.01. The zero-order valence-corrected chi connectivity index (χ0v) is 13.5. The number of benzene rings is 1. The second kappa shape index (κ2) is 4.73. The number of guanidine groups is 1. The second-order valence-electron chi connectivity index (χ2n) is 6.09. The normalized spacial score (nSPS) is 25.8. The Hall–Kier alpha value is -3.03. The highest BCUT2D eigenvalue weighted by Crippen LogP contribution is 2.39. The number of carbonyl (C=O) groups excluding carboxylic acids is 2. The summed E-state index contributed by atoms with van der Waals surface area (Å²) in [6.45, 7) is 3.85. The number of phenolic OH excluding ortho intramolecular Hbond substituents is 1. The fraction of sp³-hybridized carbons (Fsp3) is 0.312. The van der Waals surface area contributed by atoms with Gasteiger partial charge in [-0.3, -0.25) is 19.9 Å². The lowest BCUT2D eigenvalue weighted by Gasteiger charge is -2.35. The summed E-state index contributed by atoms with van der Waals surface area (Å²) in [7, 11) is 1.62. The van der Waals surface area contributed by atoms with Gasteiger partial charge in [0, 0.05) is 24.5 Å². The number of urea groups is 1. The van der Waals surface area contributed by atoms with E-state index in [9.17, 15) is 14.7 Å². The number of imide groups is 1. The molecule has 1 aromatic carbocycles. The SMILES string of the molecule is CC1=C(C)N2C(=NC3C2C(=O)NC(=O)N3C)N1c1cccc(O)c1. The van der Waals surface area contributed by atoms with Crippen molar-refractivity contribution in [1.82, 2.24) is 15.1 Å². The lowest BCUT2D eigenvalue weighted by molar-refractivity contribution is -0.126. The summed E-state index contributed by atoms with van der Waals surface area (Å²) in [5.41, 5.74) is 2.56. The van der Waals surface area contributed by atoms with Gasteiger partial charge in [-0.05, 0) is 26.0 Å². The molecule has 0 aromatic heterocycles.